The van der Waals surface area contributed by atoms with Crippen molar-refractivity contribution in [3.05, 3.63) is 12.7 Å². The third-order valence-electron chi connectivity index (χ3n) is 5.37. The van der Waals surface area contributed by atoms with E-state index in [9.17, 15) is 5.11 Å². The number of unbranched alkanes of at least 4 members (excludes halogenated alkanes) is 13. The standard InChI is InChI=1S/C23H47NO2/c1-3-5-6-7-8-9-10-11-12-13-14-15-16-17-18-23(22-26)24(19-4-2)20-21-25/h4,23,25-26H,2-3,5-22H2,1H3. The van der Waals surface area contributed by atoms with E-state index < -0.39 is 0 Å². The number of hydrogen-bond donors (Lipinski definition) is 2. The minimum absolute atomic E-state index is 0.142. The lowest BCUT2D eigenvalue weighted by atomic mass is 10.0. The van der Waals surface area contributed by atoms with Gasteiger partial charge < -0.3 is 10.2 Å². The van der Waals surface area contributed by atoms with Crippen LogP contribution in [-0.4, -0.2) is 47.5 Å². The van der Waals surface area contributed by atoms with Crippen LogP contribution in [0.3, 0.4) is 0 Å². The summed E-state index contributed by atoms with van der Waals surface area (Å²) in [6, 6.07) is 0.164. The van der Waals surface area contributed by atoms with Gasteiger partial charge in [0.15, 0.2) is 0 Å². The van der Waals surface area contributed by atoms with Gasteiger partial charge in [-0.3, -0.25) is 4.90 Å². The maximum atomic E-state index is 9.60. The molecule has 0 aliphatic rings. The number of aliphatic hydroxyl groups is 2. The smallest absolute Gasteiger partial charge is 0.0587 e. The van der Waals surface area contributed by atoms with Crippen LogP contribution in [0.25, 0.3) is 0 Å². The highest BCUT2D eigenvalue weighted by atomic mass is 16.3. The van der Waals surface area contributed by atoms with Crippen LogP contribution in [0, 0.1) is 0 Å². The summed E-state index contributed by atoms with van der Waals surface area (Å²) in [7, 11) is 0. The second-order valence-electron chi connectivity index (χ2n) is 7.73. The van der Waals surface area contributed by atoms with Crippen molar-refractivity contribution < 1.29 is 10.2 Å². The summed E-state index contributed by atoms with van der Waals surface area (Å²) >= 11 is 0. The molecule has 0 aliphatic heterocycles. The van der Waals surface area contributed by atoms with E-state index in [0.717, 1.165) is 13.0 Å². The first-order valence-corrected chi connectivity index (χ1v) is 11.4. The molecule has 0 saturated heterocycles. The second-order valence-corrected chi connectivity index (χ2v) is 7.73. The van der Waals surface area contributed by atoms with Crippen molar-refractivity contribution in [1.82, 2.24) is 4.90 Å². The first-order valence-electron chi connectivity index (χ1n) is 11.4. The Hall–Kier alpha value is -0.380. The molecule has 0 heterocycles. The average Bonchev–Trinajstić information content (AvgIpc) is 2.65. The molecule has 0 bridgehead atoms. The third-order valence-corrected chi connectivity index (χ3v) is 5.37. The molecule has 0 amide bonds. The Labute approximate surface area is 163 Å². The third kappa shape index (κ3) is 15.8. The Morgan fingerprint density at radius 3 is 1.62 bits per heavy atom. The molecule has 0 radical (unpaired) electrons. The molecule has 0 fully saturated rings. The van der Waals surface area contributed by atoms with Crippen molar-refractivity contribution in [2.45, 2.75) is 109 Å². The van der Waals surface area contributed by atoms with Gasteiger partial charge in [-0.1, -0.05) is 103 Å². The highest BCUT2D eigenvalue weighted by Crippen LogP contribution is 2.15. The van der Waals surface area contributed by atoms with Gasteiger partial charge in [0.25, 0.3) is 0 Å². The van der Waals surface area contributed by atoms with Gasteiger partial charge in [-0.2, -0.15) is 0 Å². The highest BCUT2D eigenvalue weighted by Gasteiger charge is 2.15. The Balaban J connectivity index is 3.44. The highest BCUT2D eigenvalue weighted by molar-refractivity contribution is 4.79. The zero-order chi connectivity index (χ0) is 19.3. The van der Waals surface area contributed by atoms with Crippen molar-refractivity contribution in [3.63, 3.8) is 0 Å². The van der Waals surface area contributed by atoms with E-state index in [1.165, 1.54) is 89.9 Å². The predicted molar refractivity (Wildman–Crippen MR) is 115 cm³/mol. The lowest BCUT2D eigenvalue weighted by Gasteiger charge is -2.28. The van der Waals surface area contributed by atoms with E-state index in [-0.39, 0.29) is 19.3 Å². The average molecular weight is 370 g/mol. The van der Waals surface area contributed by atoms with Crippen molar-refractivity contribution in [2.24, 2.45) is 0 Å². The molecule has 156 valence electrons. The first-order chi connectivity index (χ1) is 12.8. The van der Waals surface area contributed by atoms with Crippen LogP contribution in [0.2, 0.25) is 0 Å². The van der Waals surface area contributed by atoms with Gasteiger partial charge in [0.1, 0.15) is 0 Å². The molecule has 0 aromatic carbocycles. The summed E-state index contributed by atoms with van der Waals surface area (Å²) in [6.45, 7) is 7.72. The molecule has 0 aromatic rings. The molecule has 3 nitrogen and oxygen atoms in total. The van der Waals surface area contributed by atoms with E-state index in [0.29, 0.717) is 6.54 Å². The second kappa shape index (κ2) is 20.9. The SMILES string of the molecule is C=CCN(CCO)C(CO)CCCCCCCCCCCCCCCC. The Bertz CT molecular complexity index is 283. The van der Waals surface area contributed by atoms with E-state index in [4.69, 9.17) is 5.11 Å². The number of nitrogens with zero attached hydrogens (tertiary/aromatic N) is 1. The van der Waals surface area contributed by atoms with Gasteiger partial charge in [0, 0.05) is 19.1 Å². The van der Waals surface area contributed by atoms with Gasteiger partial charge in [-0.05, 0) is 6.42 Å². The number of aliphatic hydroxyl groups excluding tert-OH is 2. The molecule has 0 aromatic heterocycles. The fourth-order valence-corrected chi connectivity index (χ4v) is 3.68. The van der Waals surface area contributed by atoms with E-state index in [1.54, 1.807) is 0 Å². The molecule has 0 aliphatic carbocycles. The zero-order valence-corrected chi connectivity index (χ0v) is 17.6. The number of rotatable bonds is 21. The predicted octanol–water partition coefficient (Wildman–Crippen LogP) is 5.70. The minimum atomic E-state index is 0.142. The molecule has 0 spiro atoms. The van der Waals surface area contributed by atoms with Gasteiger partial charge in [0.05, 0.1) is 13.2 Å². The summed E-state index contributed by atoms with van der Waals surface area (Å²) in [4.78, 5) is 2.13. The fraction of sp³-hybridized carbons (Fsp3) is 0.913. The normalized spacial score (nSPS) is 12.6. The molecular formula is C23H47NO2. The van der Waals surface area contributed by atoms with Crippen LogP contribution in [0.1, 0.15) is 103 Å². The zero-order valence-electron chi connectivity index (χ0n) is 17.6. The summed E-state index contributed by atoms with van der Waals surface area (Å²) in [6.07, 6.45) is 22.1. The van der Waals surface area contributed by atoms with Crippen LogP contribution in [0.15, 0.2) is 12.7 Å². The minimum Gasteiger partial charge on any atom is -0.395 e. The van der Waals surface area contributed by atoms with Crippen molar-refractivity contribution in [1.29, 1.82) is 0 Å². The molecule has 26 heavy (non-hydrogen) atoms. The molecule has 3 heteroatoms. The fourth-order valence-electron chi connectivity index (χ4n) is 3.68. The Morgan fingerprint density at radius 1 is 0.769 bits per heavy atom. The monoisotopic (exact) mass is 369 g/mol. The summed E-state index contributed by atoms with van der Waals surface area (Å²) in [5, 5.41) is 18.7. The van der Waals surface area contributed by atoms with Crippen LogP contribution in [0.5, 0.6) is 0 Å². The molecule has 0 saturated carbocycles. The molecule has 0 rings (SSSR count). The lowest BCUT2D eigenvalue weighted by molar-refractivity contribution is 0.104. The van der Waals surface area contributed by atoms with E-state index in [2.05, 4.69) is 18.4 Å². The van der Waals surface area contributed by atoms with Gasteiger partial charge in [-0.15, -0.1) is 6.58 Å². The van der Waals surface area contributed by atoms with Crippen molar-refractivity contribution in [3.8, 4) is 0 Å². The summed E-state index contributed by atoms with van der Waals surface area (Å²) in [5.74, 6) is 0. The van der Waals surface area contributed by atoms with Gasteiger partial charge in [0.2, 0.25) is 0 Å². The number of hydrogen-bond acceptors (Lipinski definition) is 3. The summed E-state index contributed by atoms with van der Waals surface area (Å²) in [5.41, 5.74) is 0. The van der Waals surface area contributed by atoms with Crippen LogP contribution in [0.4, 0.5) is 0 Å². The van der Waals surface area contributed by atoms with Gasteiger partial charge in [-0.25, -0.2) is 0 Å². The Kier molecular flexibility index (Phi) is 20.6. The summed E-state index contributed by atoms with van der Waals surface area (Å²) < 4.78 is 0. The Morgan fingerprint density at radius 2 is 1.23 bits per heavy atom. The quantitative estimate of drug-likeness (QED) is 0.201. The molecular weight excluding hydrogens is 322 g/mol. The molecule has 1 unspecified atom stereocenters. The maximum Gasteiger partial charge on any atom is 0.0587 e. The first kappa shape index (κ1) is 25.6. The van der Waals surface area contributed by atoms with Gasteiger partial charge >= 0.3 is 0 Å². The van der Waals surface area contributed by atoms with Crippen molar-refractivity contribution >= 4 is 0 Å². The van der Waals surface area contributed by atoms with E-state index in [1.807, 2.05) is 6.08 Å². The maximum absolute atomic E-state index is 9.60. The molecule has 1 atom stereocenters. The van der Waals surface area contributed by atoms with Crippen LogP contribution in [-0.2, 0) is 0 Å². The lowest BCUT2D eigenvalue weighted by Crippen LogP contribution is -2.40. The van der Waals surface area contributed by atoms with Crippen molar-refractivity contribution in [2.75, 3.05) is 26.3 Å². The van der Waals surface area contributed by atoms with Crippen LogP contribution < -0.4 is 0 Å². The van der Waals surface area contributed by atoms with E-state index >= 15 is 0 Å². The topological polar surface area (TPSA) is 43.7 Å². The van der Waals surface area contributed by atoms with Crippen LogP contribution >= 0.6 is 0 Å². The largest absolute Gasteiger partial charge is 0.395 e. The molecule has 2 N–H and O–H groups in total.